The average molecular weight is 436 g/mol. The van der Waals surface area contributed by atoms with Crippen molar-refractivity contribution in [1.29, 1.82) is 0 Å². The quantitative estimate of drug-likeness (QED) is 0.768. The molecular weight excluding hydrogens is 410 g/mol. The maximum absolute atomic E-state index is 12.8. The molecule has 1 unspecified atom stereocenters. The van der Waals surface area contributed by atoms with Gasteiger partial charge in [0, 0.05) is 44.6 Å². The van der Waals surface area contributed by atoms with Crippen molar-refractivity contribution in [2.75, 3.05) is 31.1 Å². The van der Waals surface area contributed by atoms with Crippen molar-refractivity contribution in [3.63, 3.8) is 0 Å². The van der Waals surface area contributed by atoms with Crippen LogP contribution in [-0.2, 0) is 14.8 Å². The third-order valence-electron chi connectivity index (χ3n) is 5.52. The van der Waals surface area contributed by atoms with Crippen molar-refractivity contribution >= 4 is 33.2 Å². The molecule has 8 nitrogen and oxygen atoms in total. The van der Waals surface area contributed by atoms with Crippen molar-refractivity contribution in [2.24, 2.45) is 5.92 Å². The summed E-state index contributed by atoms with van der Waals surface area (Å²) in [5, 5.41) is 4.90. The van der Waals surface area contributed by atoms with E-state index in [4.69, 9.17) is 0 Å². The summed E-state index contributed by atoms with van der Waals surface area (Å²) in [4.78, 5) is 23.5. The van der Waals surface area contributed by atoms with Gasteiger partial charge in [0.05, 0.1) is 5.92 Å². The van der Waals surface area contributed by atoms with Gasteiger partial charge in [-0.05, 0) is 43.2 Å². The van der Waals surface area contributed by atoms with Crippen molar-refractivity contribution in [2.45, 2.75) is 35.9 Å². The Balaban J connectivity index is 1.31. The molecule has 2 aliphatic heterocycles. The zero-order valence-corrected chi connectivity index (χ0v) is 17.7. The summed E-state index contributed by atoms with van der Waals surface area (Å²) in [5.74, 6) is 0.387. The Hall–Kier alpha value is -2.04. The monoisotopic (exact) mass is 435 g/mol. The molecule has 0 aromatic carbocycles. The van der Waals surface area contributed by atoms with E-state index >= 15 is 0 Å². The molecule has 0 spiro atoms. The lowest BCUT2D eigenvalue weighted by Crippen LogP contribution is -2.50. The summed E-state index contributed by atoms with van der Waals surface area (Å²) in [5.41, 5.74) is 0. The Morgan fingerprint density at radius 2 is 1.86 bits per heavy atom. The summed E-state index contributed by atoms with van der Waals surface area (Å²) in [7, 11) is -3.50. The van der Waals surface area contributed by atoms with Crippen LogP contribution in [0.3, 0.4) is 0 Å². The van der Waals surface area contributed by atoms with Crippen LogP contribution in [0.5, 0.6) is 0 Å². The molecule has 4 rings (SSSR count). The van der Waals surface area contributed by atoms with Crippen LogP contribution in [0.15, 0.2) is 40.2 Å². The highest BCUT2D eigenvalue weighted by molar-refractivity contribution is 7.91. The molecule has 0 aliphatic carbocycles. The molecule has 2 aliphatic rings. The van der Waals surface area contributed by atoms with Crippen LogP contribution < -0.4 is 10.2 Å². The molecule has 0 saturated carbocycles. The molecule has 29 heavy (non-hydrogen) atoms. The van der Waals surface area contributed by atoms with Crippen molar-refractivity contribution in [3.8, 4) is 0 Å². The SMILES string of the molecule is O=C(NC1CCN(c2ncccn2)CC1)C1CCCN(S(=O)(=O)c2cccs2)C1. The summed E-state index contributed by atoms with van der Waals surface area (Å²) in [6, 6.07) is 5.25. The molecule has 4 heterocycles. The molecule has 0 bridgehead atoms. The number of rotatable bonds is 5. The lowest BCUT2D eigenvalue weighted by molar-refractivity contribution is -0.126. The zero-order valence-electron chi connectivity index (χ0n) is 16.1. The summed E-state index contributed by atoms with van der Waals surface area (Å²) < 4.78 is 27.3. The Morgan fingerprint density at radius 1 is 1.10 bits per heavy atom. The zero-order chi connectivity index (χ0) is 20.3. The van der Waals surface area contributed by atoms with Crippen LogP contribution in [0.25, 0.3) is 0 Å². The number of carbonyl (C=O) groups excluding carboxylic acids is 1. The molecular formula is C19H25N5O3S2. The first-order valence-electron chi connectivity index (χ1n) is 9.90. The van der Waals surface area contributed by atoms with Crippen molar-refractivity contribution in [3.05, 3.63) is 36.0 Å². The van der Waals surface area contributed by atoms with Crippen LogP contribution in [0.2, 0.25) is 0 Å². The highest BCUT2D eigenvalue weighted by atomic mass is 32.2. The first-order valence-corrected chi connectivity index (χ1v) is 12.2. The molecule has 10 heteroatoms. The second kappa shape index (κ2) is 8.76. The van der Waals surface area contributed by atoms with E-state index in [-0.39, 0.29) is 24.4 Å². The first-order chi connectivity index (χ1) is 14.0. The minimum Gasteiger partial charge on any atom is -0.353 e. The lowest BCUT2D eigenvalue weighted by Gasteiger charge is -2.35. The summed E-state index contributed by atoms with van der Waals surface area (Å²) >= 11 is 1.21. The first kappa shape index (κ1) is 20.2. The fraction of sp³-hybridized carbons (Fsp3) is 0.526. The molecule has 1 amide bonds. The van der Waals surface area contributed by atoms with Gasteiger partial charge in [-0.15, -0.1) is 11.3 Å². The fourth-order valence-corrected chi connectivity index (χ4v) is 6.58. The summed E-state index contributed by atoms with van der Waals surface area (Å²) in [6.07, 6.45) is 6.54. The van der Waals surface area contributed by atoms with Crippen molar-refractivity contribution < 1.29 is 13.2 Å². The second-order valence-electron chi connectivity index (χ2n) is 7.45. The van der Waals surface area contributed by atoms with Gasteiger partial charge in [-0.2, -0.15) is 4.31 Å². The molecule has 2 aromatic heterocycles. The van der Waals surface area contributed by atoms with Crippen LogP contribution in [-0.4, -0.2) is 60.8 Å². The molecule has 0 radical (unpaired) electrons. The number of amides is 1. The minimum atomic E-state index is -3.50. The number of piperidine rings is 2. The van der Waals surface area contributed by atoms with E-state index in [0.717, 1.165) is 38.3 Å². The lowest BCUT2D eigenvalue weighted by atomic mass is 9.97. The molecule has 1 N–H and O–H groups in total. The van der Waals surface area contributed by atoms with Crippen LogP contribution in [0, 0.1) is 5.92 Å². The Morgan fingerprint density at radius 3 is 2.55 bits per heavy atom. The van der Waals surface area contributed by atoms with Gasteiger partial charge in [0.15, 0.2) is 0 Å². The van der Waals surface area contributed by atoms with Crippen LogP contribution in [0.4, 0.5) is 5.95 Å². The predicted octanol–water partition coefficient (Wildman–Crippen LogP) is 1.72. The maximum Gasteiger partial charge on any atom is 0.252 e. The van der Waals surface area contributed by atoms with E-state index in [0.29, 0.717) is 17.2 Å². The van der Waals surface area contributed by atoms with E-state index in [9.17, 15) is 13.2 Å². The topological polar surface area (TPSA) is 95.5 Å². The minimum absolute atomic E-state index is 0.0366. The van der Waals surface area contributed by atoms with Gasteiger partial charge >= 0.3 is 0 Å². The highest BCUT2D eigenvalue weighted by Gasteiger charge is 2.34. The number of carbonyl (C=O) groups is 1. The Kier molecular flexibility index (Phi) is 6.12. The number of anilines is 1. The van der Waals surface area contributed by atoms with Gasteiger partial charge < -0.3 is 10.2 Å². The number of nitrogens with zero attached hydrogens (tertiary/aromatic N) is 4. The van der Waals surface area contributed by atoms with Gasteiger partial charge in [0.1, 0.15) is 4.21 Å². The third kappa shape index (κ3) is 4.59. The average Bonchev–Trinajstić information content (AvgIpc) is 3.31. The van der Waals surface area contributed by atoms with E-state index in [1.807, 2.05) is 0 Å². The normalized spacial score (nSPS) is 21.8. The standard InChI is InChI=1S/C19H25N5O3S2/c25-18(22-16-6-11-23(12-7-16)19-20-8-3-9-21-19)15-4-1-10-24(14-15)29(26,27)17-5-2-13-28-17/h2-3,5,8-9,13,15-16H,1,4,6-7,10-12,14H2,(H,22,25). The molecule has 1 atom stereocenters. The summed E-state index contributed by atoms with van der Waals surface area (Å²) in [6.45, 7) is 2.30. The van der Waals surface area contributed by atoms with E-state index in [2.05, 4.69) is 20.2 Å². The van der Waals surface area contributed by atoms with E-state index in [1.54, 1.807) is 36.0 Å². The van der Waals surface area contributed by atoms with Crippen molar-refractivity contribution in [1.82, 2.24) is 19.6 Å². The molecule has 2 aromatic rings. The maximum atomic E-state index is 12.8. The molecule has 2 saturated heterocycles. The van der Waals surface area contributed by atoms with Gasteiger partial charge in [-0.25, -0.2) is 18.4 Å². The third-order valence-corrected chi connectivity index (χ3v) is 8.76. The number of sulfonamides is 1. The molecule has 2 fully saturated rings. The van der Waals surface area contributed by atoms with Gasteiger partial charge in [0.25, 0.3) is 10.0 Å². The van der Waals surface area contributed by atoms with Crippen LogP contribution >= 0.6 is 11.3 Å². The van der Waals surface area contributed by atoms with Gasteiger partial charge in [0.2, 0.25) is 11.9 Å². The van der Waals surface area contributed by atoms with E-state index < -0.39 is 10.0 Å². The predicted molar refractivity (Wildman–Crippen MR) is 111 cm³/mol. The van der Waals surface area contributed by atoms with E-state index in [1.165, 1.54) is 15.6 Å². The number of thiophene rings is 1. The Labute approximate surface area is 175 Å². The fourth-order valence-electron chi connectivity index (χ4n) is 3.91. The number of hydrogen-bond acceptors (Lipinski definition) is 7. The Bertz CT molecular complexity index is 913. The second-order valence-corrected chi connectivity index (χ2v) is 10.6. The number of aromatic nitrogens is 2. The van der Waals surface area contributed by atoms with Gasteiger partial charge in [-0.1, -0.05) is 6.07 Å². The number of hydrogen-bond donors (Lipinski definition) is 1. The van der Waals surface area contributed by atoms with Crippen LogP contribution in [0.1, 0.15) is 25.7 Å². The van der Waals surface area contributed by atoms with Gasteiger partial charge in [-0.3, -0.25) is 4.79 Å². The number of nitrogens with one attached hydrogen (secondary N) is 1. The molecule has 156 valence electrons. The smallest absolute Gasteiger partial charge is 0.252 e. The largest absolute Gasteiger partial charge is 0.353 e. The highest BCUT2D eigenvalue weighted by Crippen LogP contribution is 2.26.